The minimum Gasteiger partial charge on any atom is -0.508 e. The predicted molar refractivity (Wildman–Crippen MR) is 286 cm³/mol. The number of nitrogens with two attached hydrogens (primary N) is 3. The van der Waals surface area contributed by atoms with E-state index in [1.807, 2.05) is 48.5 Å². The Kier molecular flexibility index (Phi) is 17.6. The number of aromatic hydroxyl groups is 2. The third-order valence-corrected chi connectivity index (χ3v) is 14.0. The van der Waals surface area contributed by atoms with Gasteiger partial charge < -0.3 is 37.1 Å². The number of ether oxygens (including phenoxy) is 1. The molecular formula is C59H77N7O3. The molecule has 1 atom stereocenters. The molecule has 3 aromatic heterocycles. The van der Waals surface area contributed by atoms with Crippen LogP contribution in [0.5, 0.6) is 17.2 Å². The lowest BCUT2D eigenvalue weighted by Gasteiger charge is -2.30. The number of likely N-dealkylation sites (N-methyl/N-ethyl adjacent to an activating group) is 1. The quantitative estimate of drug-likeness (QED) is 0.0629. The van der Waals surface area contributed by atoms with Crippen molar-refractivity contribution in [2.24, 2.45) is 0 Å². The number of phenolic OH excluding ortho intramolecular Hbond substituents is 2. The number of pyridine rings is 3. The van der Waals surface area contributed by atoms with Gasteiger partial charge >= 0.3 is 0 Å². The van der Waals surface area contributed by atoms with Gasteiger partial charge in [0.25, 0.3) is 0 Å². The maximum Gasteiger partial charge on any atom is 0.124 e. The SMILES string of the molecule is CCCc1c(O)ccc(-c2cccc(N)n2)c1C1CCC1.CCCc1cc(-c2cccc(N)n2)c(C2CCC2)cc1O.CCCc1cc(-c2cccc(N)n2)c(C2CCC2)cc1OC(C)CN(C)C. The van der Waals surface area contributed by atoms with Gasteiger partial charge in [-0.1, -0.05) is 77.5 Å². The van der Waals surface area contributed by atoms with Crippen LogP contribution in [0.3, 0.4) is 0 Å². The molecule has 0 bridgehead atoms. The minimum atomic E-state index is 0.154. The Hall–Kier alpha value is -6.13. The van der Waals surface area contributed by atoms with E-state index in [9.17, 15) is 10.2 Å². The molecule has 3 aromatic carbocycles. The van der Waals surface area contributed by atoms with Gasteiger partial charge in [-0.05, 0) is 203 Å². The number of anilines is 3. The second kappa shape index (κ2) is 23.9. The second-order valence-electron chi connectivity index (χ2n) is 19.8. The summed E-state index contributed by atoms with van der Waals surface area (Å²) in [7, 11) is 4.17. The summed E-state index contributed by atoms with van der Waals surface area (Å²) in [6, 6.07) is 29.8. The third kappa shape index (κ3) is 12.8. The Morgan fingerprint density at radius 2 is 1.03 bits per heavy atom. The third-order valence-electron chi connectivity index (χ3n) is 14.0. The number of nitrogens with zero attached hydrogens (tertiary/aromatic N) is 4. The van der Waals surface area contributed by atoms with Crippen LogP contribution in [0.15, 0.2) is 91.0 Å². The van der Waals surface area contributed by atoms with Crippen LogP contribution >= 0.6 is 0 Å². The van der Waals surface area contributed by atoms with Crippen molar-refractivity contribution in [3.05, 3.63) is 124 Å². The monoisotopic (exact) mass is 932 g/mol. The van der Waals surface area contributed by atoms with Crippen molar-refractivity contribution in [1.29, 1.82) is 0 Å². The summed E-state index contributed by atoms with van der Waals surface area (Å²) in [5, 5.41) is 20.5. The highest BCUT2D eigenvalue weighted by molar-refractivity contribution is 5.72. The summed E-state index contributed by atoms with van der Waals surface area (Å²) >= 11 is 0. The Bertz CT molecular complexity index is 2590. The van der Waals surface area contributed by atoms with Crippen LogP contribution in [0.4, 0.5) is 17.5 Å². The summed E-state index contributed by atoms with van der Waals surface area (Å²) in [4.78, 5) is 15.7. The number of phenols is 2. The molecule has 3 aliphatic carbocycles. The first-order valence-corrected chi connectivity index (χ1v) is 25.7. The van der Waals surface area contributed by atoms with Crippen LogP contribution in [-0.2, 0) is 19.3 Å². The summed E-state index contributed by atoms with van der Waals surface area (Å²) in [5.74, 6) is 5.24. The van der Waals surface area contributed by atoms with Crippen LogP contribution in [-0.4, -0.2) is 56.8 Å². The Morgan fingerprint density at radius 3 is 1.48 bits per heavy atom. The number of aromatic nitrogens is 3. The predicted octanol–water partition coefficient (Wildman–Crippen LogP) is 13.4. The number of nitrogen functional groups attached to an aromatic ring is 3. The van der Waals surface area contributed by atoms with E-state index in [0.717, 1.165) is 90.2 Å². The van der Waals surface area contributed by atoms with Crippen molar-refractivity contribution < 1.29 is 14.9 Å². The van der Waals surface area contributed by atoms with Gasteiger partial charge in [0.1, 0.15) is 40.8 Å². The van der Waals surface area contributed by atoms with Crippen molar-refractivity contribution in [1.82, 2.24) is 19.9 Å². The molecule has 0 radical (unpaired) electrons. The number of benzene rings is 3. The smallest absolute Gasteiger partial charge is 0.124 e. The Morgan fingerprint density at radius 1 is 0.565 bits per heavy atom. The number of hydrogen-bond donors (Lipinski definition) is 5. The summed E-state index contributed by atoms with van der Waals surface area (Å²) in [5.41, 5.74) is 31.2. The molecule has 3 fully saturated rings. The fourth-order valence-electron chi connectivity index (χ4n) is 10.0. The van der Waals surface area contributed by atoms with Crippen molar-refractivity contribution in [3.8, 4) is 51.0 Å². The van der Waals surface area contributed by atoms with Crippen LogP contribution in [0, 0.1) is 0 Å². The summed E-state index contributed by atoms with van der Waals surface area (Å²) in [6.07, 6.45) is 17.2. The highest BCUT2D eigenvalue weighted by atomic mass is 16.5. The van der Waals surface area contributed by atoms with Gasteiger partial charge in [0.05, 0.1) is 17.1 Å². The molecule has 69 heavy (non-hydrogen) atoms. The van der Waals surface area contributed by atoms with E-state index in [-0.39, 0.29) is 6.10 Å². The molecule has 8 N–H and O–H groups in total. The molecule has 366 valence electrons. The average Bonchev–Trinajstić information content (AvgIpc) is 3.25. The molecule has 0 aliphatic heterocycles. The van der Waals surface area contributed by atoms with Crippen LogP contribution in [0.25, 0.3) is 33.8 Å². The number of aryl methyl sites for hydroxylation is 2. The molecule has 0 spiro atoms. The van der Waals surface area contributed by atoms with E-state index < -0.39 is 0 Å². The molecule has 3 heterocycles. The molecule has 10 nitrogen and oxygen atoms in total. The first-order valence-electron chi connectivity index (χ1n) is 25.7. The Balaban J connectivity index is 0.000000155. The lowest BCUT2D eigenvalue weighted by atomic mass is 9.75. The zero-order chi connectivity index (χ0) is 49.0. The average molecular weight is 932 g/mol. The normalized spacial score (nSPS) is 15.2. The zero-order valence-electron chi connectivity index (χ0n) is 42.1. The zero-order valence-corrected chi connectivity index (χ0v) is 42.1. The first-order chi connectivity index (χ1) is 33.4. The van der Waals surface area contributed by atoms with E-state index in [2.05, 4.69) is 85.9 Å². The standard InChI is InChI=1S/C23H33N3O.2C18H22N2O/c1-5-8-18-13-20(21-11-7-12-23(24)25-21)19(17-9-6-10-17)14-22(18)27-16(2)15-26(3)4;1-2-5-13-10-15(16-8-4-9-18(19)20-16)14(11-17(13)21)12-6-3-7-12;1-2-5-14-16(21)11-10-13(18(14)12-6-3-7-12)15-8-4-9-17(19)20-15/h7,11-14,16-17H,5-6,8-10,15H2,1-4H3,(H2,24,25);2*4,8-12,21H,2-3,5-7H2,1H3,(H2,19,20). The van der Waals surface area contributed by atoms with Crippen molar-refractivity contribution >= 4 is 17.5 Å². The molecule has 0 saturated heterocycles. The van der Waals surface area contributed by atoms with E-state index in [0.29, 0.717) is 46.7 Å². The molecular weight excluding hydrogens is 855 g/mol. The second-order valence-corrected chi connectivity index (χ2v) is 19.8. The summed E-state index contributed by atoms with van der Waals surface area (Å²) in [6.45, 7) is 9.54. The van der Waals surface area contributed by atoms with Crippen LogP contribution in [0.2, 0.25) is 0 Å². The maximum absolute atomic E-state index is 10.3. The molecule has 10 heteroatoms. The van der Waals surface area contributed by atoms with Gasteiger partial charge in [-0.2, -0.15) is 0 Å². The maximum atomic E-state index is 10.3. The molecule has 6 aromatic rings. The van der Waals surface area contributed by atoms with Crippen LogP contribution < -0.4 is 21.9 Å². The first kappa shape index (κ1) is 50.7. The van der Waals surface area contributed by atoms with Gasteiger partial charge in [-0.15, -0.1) is 0 Å². The lowest BCUT2D eigenvalue weighted by Crippen LogP contribution is -2.28. The topological polar surface area (TPSA) is 170 Å². The summed E-state index contributed by atoms with van der Waals surface area (Å²) < 4.78 is 6.40. The van der Waals surface area contributed by atoms with E-state index in [4.69, 9.17) is 21.9 Å². The van der Waals surface area contributed by atoms with Crippen molar-refractivity contribution in [2.75, 3.05) is 37.8 Å². The molecule has 3 saturated carbocycles. The molecule has 0 amide bonds. The van der Waals surface area contributed by atoms with Gasteiger partial charge in [0.15, 0.2) is 0 Å². The van der Waals surface area contributed by atoms with E-state index in [1.165, 1.54) is 85.6 Å². The Labute approximate surface area is 411 Å². The van der Waals surface area contributed by atoms with Gasteiger partial charge in [-0.3, -0.25) is 0 Å². The van der Waals surface area contributed by atoms with Crippen LogP contribution in [0.1, 0.15) is 156 Å². The molecule has 1 unspecified atom stereocenters. The highest BCUT2D eigenvalue weighted by Crippen LogP contribution is 2.47. The molecule has 9 rings (SSSR count). The molecule has 3 aliphatic rings. The largest absolute Gasteiger partial charge is 0.508 e. The minimum absolute atomic E-state index is 0.154. The van der Waals surface area contributed by atoms with Gasteiger partial charge in [-0.25, -0.2) is 15.0 Å². The van der Waals surface area contributed by atoms with Gasteiger partial charge in [0, 0.05) is 23.2 Å². The van der Waals surface area contributed by atoms with Crippen molar-refractivity contribution in [3.63, 3.8) is 0 Å². The highest BCUT2D eigenvalue weighted by Gasteiger charge is 2.29. The van der Waals surface area contributed by atoms with E-state index in [1.54, 1.807) is 18.2 Å². The van der Waals surface area contributed by atoms with Crippen molar-refractivity contribution in [2.45, 2.75) is 148 Å². The lowest BCUT2D eigenvalue weighted by molar-refractivity contribution is 0.175. The fourth-order valence-corrected chi connectivity index (χ4v) is 10.0. The van der Waals surface area contributed by atoms with E-state index >= 15 is 0 Å². The number of hydrogen-bond acceptors (Lipinski definition) is 10. The van der Waals surface area contributed by atoms with Gasteiger partial charge in [0.2, 0.25) is 0 Å². The fraction of sp³-hybridized carbons (Fsp3) is 0.441. The number of rotatable bonds is 16.